The van der Waals surface area contributed by atoms with Crippen LogP contribution < -0.4 is 15.4 Å². The lowest BCUT2D eigenvalue weighted by atomic mass is 9.97. The Bertz CT molecular complexity index is 1030. The molecule has 1 aromatic heterocycles. The Kier molecular flexibility index (Phi) is 5.38. The van der Waals surface area contributed by atoms with E-state index in [9.17, 15) is 4.79 Å². The number of carbonyl (C=O) groups excluding carboxylic acids is 1. The van der Waals surface area contributed by atoms with Crippen LogP contribution in [0.25, 0.3) is 10.9 Å². The van der Waals surface area contributed by atoms with Gasteiger partial charge in [-0.25, -0.2) is 0 Å². The number of fused-ring (bicyclic) bond motifs is 1. The molecule has 5 nitrogen and oxygen atoms in total. The number of hydrogen-bond donors (Lipinski definition) is 2. The molecule has 0 unspecified atom stereocenters. The van der Waals surface area contributed by atoms with Gasteiger partial charge in [0, 0.05) is 30.2 Å². The maximum atomic E-state index is 12.9. The Morgan fingerprint density at radius 2 is 1.97 bits per heavy atom. The fourth-order valence-electron chi connectivity index (χ4n) is 3.50. The molecule has 2 aromatic carbocycles. The predicted octanol–water partition coefficient (Wildman–Crippen LogP) is 4.87. The van der Waals surface area contributed by atoms with Crippen molar-refractivity contribution in [3.8, 4) is 5.75 Å². The Balaban J connectivity index is 1.80. The van der Waals surface area contributed by atoms with Crippen molar-refractivity contribution in [1.82, 2.24) is 10.3 Å². The molecule has 0 aliphatic heterocycles. The van der Waals surface area contributed by atoms with Crippen LogP contribution in [0.3, 0.4) is 0 Å². The summed E-state index contributed by atoms with van der Waals surface area (Å²) in [5.74, 6) is 1.05. The normalized spacial score (nSPS) is 13.5. The highest BCUT2D eigenvalue weighted by Crippen LogP contribution is 2.35. The molecule has 0 radical (unpaired) electrons. The fraction of sp³-hybridized carbons (Fsp3) is 0.333. The molecule has 0 saturated heterocycles. The molecule has 1 aliphatic carbocycles. The summed E-state index contributed by atoms with van der Waals surface area (Å²) in [7, 11) is 1.68. The molecular formula is C24H27N3O2. The smallest absolute Gasteiger partial charge is 0.255 e. The zero-order valence-corrected chi connectivity index (χ0v) is 17.2. The molecule has 1 saturated carbocycles. The standard InChI is InChI=1S/C24H27N3O2/c1-15(2)18-11-19-21(12-22(18)29-3)25-14-20(24(28)27-17-9-10-17)23(19)26-13-16-7-5-4-6-8-16/h4-8,11-12,14-15,17H,9-10,13H2,1-3H3,(H,25,26)(H,27,28). The van der Waals surface area contributed by atoms with E-state index >= 15 is 0 Å². The lowest BCUT2D eigenvalue weighted by Crippen LogP contribution is -2.26. The molecule has 29 heavy (non-hydrogen) atoms. The van der Waals surface area contributed by atoms with Crippen LogP contribution in [-0.4, -0.2) is 24.0 Å². The van der Waals surface area contributed by atoms with E-state index in [4.69, 9.17) is 4.74 Å². The van der Waals surface area contributed by atoms with Gasteiger partial charge in [-0.3, -0.25) is 9.78 Å². The van der Waals surface area contributed by atoms with Crippen molar-refractivity contribution in [2.75, 3.05) is 12.4 Å². The number of nitrogens with one attached hydrogen (secondary N) is 2. The average Bonchev–Trinajstić information content (AvgIpc) is 3.55. The number of ether oxygens (including phenoxy) is 1. The molecule has 1 aliphatic rings. The van der Waals surface area contributed by atoms with Gasteiger partial charge < -0.3 is 15.4 Å². The van der Waals surface area contributed by atoms with Gasteiger partial charge in [0.25, 0.3) is 5.91 Å². The van der Waals surface area contributed by atoms with Crippen molar-refractivity contribution < 1.29 is 9.53 Å². The first kappa shape index (κ1) is 19.2. The summed E-state index contributed by atoms with van der Waals surface area (Å²) in [6, 6.07) is 14.5. The van der Waals surface area contributed by atoms with Gasteiger partial charge in [0.15, 0.2) is 0 Å². The van der Waals surface area contributed by atoms with Gasteiger partial charge in [-0.2, -0.15) is 0 Å². The van der Waals surface area contributed by atoms with Crippen LogP contribution in [0.4, 0.5) is 5.69 Å². The topological polar surface area (TPSA) is 63.2 Å². The lowest BCUT2D eigenvalue weighted by molar-refractivity contribution is 0.0951. The summed E-state index contributed by atoms with van der Waals surface area (Å²) >= 11 is 0. The van der Waals surface area contributed by atoms with Crippen molar-refractivity contribution >= 4 is 22.5 Å². The number of carbonyl (C=O) groups is 1. The first-order valence-electron chi connectivity index (χ1n) is 10.2. The van der Waals surface area contributed by atoms with E-state index in [0.29, 0.717) is 24.1 Å². The minimum atomic E-state index is -0.0700. The number of anilines is 1. The summed E-state index contributed by atoms with van der Waals surface area (Å²) in [5.41, 5.74) is 4.47. The molecule has 0 atom stereocenters. The third-order valence-corrected chi connectivity index (χ3v) is 5.31. The zero-order chi connectivity index (χ0) is 20.4. The van der Waals surface area contributed by atoms with Gasteiger partial charge in [0.05, 0.1) is 23.9 Å². The first-order chi connectivity index (χ1) is 14.1. The van der Waals surface area contributed by atoms with Crippen LogP contribution in [0.15, 0.2) is 48.7 Å². The van der Waals surface area contributed by atoms with Crippen LogP contribution in [0, 0.1) is 0 Å². The number of amides is 1. The number of methoxy groups -OCH3 is 1. The molecule has 3 aromatic rings. The van der Waals surface area contributed by atoms with Gasteiger partial charge in [-0.1, -0.05) is 44.2 Å². The molecular weight excluding hydrogens is 362 g/mol. The monoisotopic (exact) mass is 389 g/mol. The van der Waals surface area contributed by atoms with Gasteiger partial charge in [0.1, 0.15) is 5.75 Å². The molecule has 1 amide bonds. The maximum Gasteiger partial charge on any atom is 0.255 e. The van der Waals surface area contributed by atoms with Gasteiger partial charge in [-0.15, -0.1) is 0 Å². The van der Waals surface area contributed by atoms with E-state index in [1.807, 2.05) is 24.3 Å². The van der Waals surface area contributed by atoms with E-state index in [1.165, 1.54) is 0 Å². The highest BCUT2D eigenvalue weighted by molar-refractivity contribution is 6.07. The third-order valence-electron chi connectivity index (χ3n) is 5.31. The second-order valence-electron chi connectivity index (χ2n) is 7.90. The van der Waals surface area contributed by atoms with Crippen molar-refractivity contribution in [3.63, 3.8) is 0 Å². The minimum absolute atomic E-state index is 0.0700. The predicted molar refractivity (Wildman–Crippen MR) is 117 cm³/mol. The highest BCUT2D eigenvalue weighted by atomic mass is 16.5. The van der Waals surface area contributed by atoms with Gasteiger partial charge in [-0.05, 0) is 36.0 Å². The van der Waals surface area contributed by atoms with Gasteiger partial charge >= 0.3 is 0 Å². The van der Waals surface area contributed by atoms with E-state index in [-0.39, 0.29) is 5.91 Å². The van der Waals surface area contributed by atoms with E-state index in [0.717, 1.165) is 46.3 Å². The molecule has 5 heteroatoms. The summed E-state index contributed by atoms with van der Waals surface area (Å²) in [6.45, 7) is 4.91. The molecule has 1 heterocycles. The Labute approximate surface area is 171 Å². The average molecular weight is 389 g/mol. The Morgan fingerprint density at radius 3 is 2.62 bits per heavy atom. The second-order valence-corrected chi connectivity index (χ2v) is 7.90. The lowest BCUT2D eigenvalue weighted by Gasteiger charge is -2.18. The quantitative estimate of drug-likeness (QED) is 0.605. The summed E-state index contributed by atoms with van der Waals surface area (Å²) in [5, 5.41) is 7.54. The number of aromatic nitrogens is 1. The largest absolute Gasteiger partial charge is 0.496 e. The van der Waals surface area contributed by atoms with Crippen molar-refractivity contribution in [1.29, 1.82) is 0 Å². The zero-order valence-electron chi connectivity index (χ0n) is 17.2. The van der Waals surface area contributed by atoms with Crippen molar-refractivity contribution in [3.05, 3.63) is 65.4 Å². The van der Waals surface area contributed by atoms with E-state index < -0.39 is 0 Å². The van der Waals surface area contributed by atoms with Crippen LogP contribution in [0.2, 0.25) is 0 Å². The van der Waals surface area contributed by atoms with Crippen LogP contribution in [0.1, 0.15) is 54.1 Å². The summed E-state index contributed by atoms with van der Waals surface area (Å²) < 4.78 is 5.58. The summed E-state index contributed by atoms with van der Waals surface area (Å²) in [4.78, 5) is 17.5. The maximum absolute atomic E-state index is 12.9. The fourth-order valence-corrected chi connectivity index (χ4v) is 3.50. The minimum Gasteiger partial charge on any atom is -0.496 e. The second kappa shape index (κ2) is 8.11. The molecule has 1 fully saturated rings. The number of hydrogen-bond acceptors (Lipinski definition) is 4. The summed E-state index contributed by atoms with van der Waals surface area (Å²) in [6.07, 6.45) is 3.77. The number of benzene rings is 2. The van der Waals surface area contributed by atoms with Crippen LogP contribution >= 0.6 is 0 Å². The van der Waals surface area contributed by atoms with Crippen LogP contribution in [0.5, 0.6) is 5.75 Å². The van der Waals surface area contributed by atoms with E-state index in [1.54, 1.807) is 13.3 Å². The Hall–Kier alpha value is -3.08. The van der Waals surface area contributed by atoms with E-state index in [2.05, 4.69) is 47.7 Å². The number of nitrogens with zero attached hydrogens (tertiary/aromatic N) is 1. The molecule has 4 rings (SSSR count). The van der Waals surface area contributed by atoms with Crippen LogP contribution in [-0.2, 0) is 6.54 Å². The SMILES string of the molecule is COc1cc2ncc(C(=O)NC3CC3)c(NCc3ccccc3)c2cc1C(C)C. The third kappa shape index (κ3) is 4.19. The van der Waals surface area contributed by atoms with Crippen molar-refractivity contribution in [2.45, 2.75) is 45.2 Å². The molecule has 0 bridgehead atoms. The molecule has 150 valence electrons. The van der Waals surface area contributed by atoms with Crippen molar-refractivity contribution in [2.24, 2.45) is 0 Å². The number of pyridine rings is 1. The number of rotatable bonds is 7. The first-order valence-corrected chi connectivity index (χ1v) is 10.2. The molecule has 2 N–H and O–H groups in total. The molecule has 0 spiro atoms. The Morgan fingerprint density at radius 1 is 1.21 bits per heavy atom. The highest BCUT2D eigenvalue weighted by Gasteiger charge is 2.26. The van der Waals surface area contributed by atoms with Gasteiger partial charge in [0.2, 0.25) is 0 Å².